The number of benzene rings is 1. The van der Waals surface area contributed by atoms with Gasteiger partial charge in [0.05, 0.1) is 9.82 Å². The van der Waals surface area contributed by atoms with Gasteiger partial charge in [0.2, 0.25) is 0 Å². The van der Waals surface area contributed by atoms with Crippen molar-refractivity contribution in [2.75, 3.05) is 5.75 Å². The number of rotatable bonds is 6. The maximum absolute atomic E-state index is 11.2. The van der Waals surface area contributed by atoms with E-state index in [0.717, 1.165) is 22.6 Å². The first-order valence-electron chi connectivity index (χ1n) is 6.78. The van der Waals surface area contributed by atoms with Crippen LogP contribution in [-0.2, 0) is 5.41 Å². The van der Waals surface area contributed by atoms with E-state index in [1.54, 1.807) is 17.8 Å². The average Bonchev–Trinajstić information content (AvgIpc) is 2.33. The second-order valence-electron chi connectivity index (χ2n) is 5.75. The fourth-order valence-corrected chi connectivity index (χ4v) is 2.80. The third-order valence-corrected chi connectivity index (χ3v) is 4.18. The van der Waals surface area contributed by atoms with Gasteiger partial charge in [-0.25, -0.2) is 0 Å². The molecule has 0 heterocycles. The van der Waals surface area contributed by atoms with E-state index in [9.17, 15) is 10.1 Å². The van der Waals surface area contributed by atoms with E-state index in [2.05, 4.69) is 27.7 Å². The molecule has 0 aliphatic rings. The molecule has 0 spiro atoms. The van der Waals surface area contributed by atoms with E-state index in [4.69, 9.17) is 0 Å². The Balaban J connectivity index is 2.90. The summed E-state index contributed by atoms with van der Waals surface area (Å²) >= 11 is 1.59. The zero-order chi connectivity index (χ0) is 14.5. The molecule has 0 bridgehead atoms. The monoisotopic (exact) mass is 281 g/mol. The predicted molar refractivity (Wildman–Crippen MR) is 82.0 cm³/mol. The van der Waals surface area contributed by atoms with E-state index >= 15 is 0 Å². The first-order valence-corrected chi connectivity index (χ1v) is 7.76. The van der Waals surface area contributed by atoms with Gasteiger partial charge < -0.3 is 0 Å². The fraction of sp³-hybridized carbons (Fsp3) is 0.600. The largest absolute Gasteiger partial charge is 0.283 e. The Hall–Kier alpha value is -1.03. The van der Waals surface area contributed by atoms with Crippen molar-refractivity contribution in [2.24, 2.45) is 0 Å². The molecule has 0 aromatic heterocycles. The van der Waals surface area contributed by atoms with Gasteiger partial charge in [-0.05, 0) is 29.2 Å². The standard InChI is InChI=1S/C15H23NO2S/c1-5-6-7-10-19-14-9-8-12(15(2,3)4)11-13(14)16(17)18/h8-9,11H,5-7,10H2,1-4H3. The van der Waals surface area contributed by atoms with Gasteiger partial charge >= 0.3 is 0 Å². The summed E-state index contributed by atoms with van der Waals surface area (Å²) in [5.41, 5.74) is 1.20. The second-order valence-corrected chi connectivity index (χ2v) is 6.88. The molecule has 0 saturated carbocycles. The van der Waals surface area contributed by atoms with Crippen molar-refractivity contribution in [2.45, 2.75) is 57.3 Å². The highest BCUT2D eigenvalue weighted by Gasteiger charge is 2.20. The Morgan fingerprint density at radius 2 is 1.95 bits per heavy atom. The Bertz CT molecular complexity index is 438. The predicted octanol–water partition coefficient (Wildman–Crippen LogP) is 5.17. The molecule has 19 heavy (non-hydrogen) atoms. The van der Waals surface area contributed by atoms with Crippen LogP contribution in [0.15, 0.2) is 23.1 Å². The smallest absolute Gasteiger partial charge is 0.258 e. The van der Waals surface area contributed by atoms with Crippen molar-refractivity contribution in [1.82, 2.24) is 0 Å². The lowest BCUT2D eigenvalue weighted by Crippen LogP contribution is -2.11. The molecular formula is C15H23NO2S. The lowest BCUT2D eigenvalue weighted by Gasteiger charge is -2.19. The number of unbranched alkanes of at least 4 members (excludes halogenated alkanes) is 2. The van der Waals surface area contributed by atoms with Crippen LogP contribution in [0.4, 0.5) is 5.69 Å². The van der Waals surface area contributed by atoms with Crippen molar-refractivity contribution >= 4 is 17.4 Å². The summed E-state index contributed by atoms with van der Waals surface area (Å²) in [4.78, 5) is 11.7. The zero-order valence-electron chi connectivity index (χ0n) is 12.2. The molecule has 4 heteroatoms. The third-order valence-electron chi connectivity index (χ3n) is 3.03. The highest BCUT2D eigenvalue weighted by atomic mass is 32.2. The quantitative estimate of drug-likeness (QED) is 0.312. The van der Waals surface area contributed by atoms with Crippen LogP contribution in [0.5, 0.6) is 0 Å². The second kappa shape index (κ2) is 6.94. The lowest BCUT2D eigenvalue weighted by atomic mass is 9.87. The number of nitrogens with zero attached hydrogens (tertiary/aromatic N) is 1. The Labute approximate surface area is 119 Å². The van der Waals surface area contributed by atoms with E-state index < -0.39 is 0 Å². The van der Waals surface area contributed by atoms with Gasteiger partial charge in [-0.15, -0.1) is 11.8 Å². The molecule has 0 radical (unpaired) electrons. The maximum atomic E-state index is 11.2. The number of nitro benzene ring substituents is 1. The van der Waals surface area contributed by atoms with E-state index in [1.165, 1.54) is 12.8 Å². The van der Waals surface area contributed by atoms with E-state index in [1.807, 2.05) is 12.1 Å². The number of hydrogen-bond acceptors (Lipinski definition) is 3. The zero-order valence-corrected chi connectivity index (χ0v) is 13.0. The fourth-order valence-electron chi connectivity index (χ4n) is 1.78. The topological polar surface area (TPSA) is 43.1 Å². The van der Waals surface area contributed by atoms with Gasteiger partial charge in [-0.1, -0.05) is 46.6 Å². The molecule has 1 aromatic carbocycles. The molecule has 0 fully saturated rings. The number of nitro groups is 1. The minimum absolute atomic E-state index is 0.0594. The molecule has 0 N–H and O–H groups in total. The molecule has 0 aliphatic carbocycles. The van der Waals surface area contributed by atoms with Crippen LogP contribution < -0.4 is 0 Å². The number of hydrogen-bond donors (Lipinski definition) is 0. The highest BCUT2D eigenvalue weighted by molar-refractivity contribution is 7.99. The van der Waals surface area contributed by atoms with Gasteiger partial charge in [-0.3, -0.25) is 10.1 Å². The molecule has 106 valence electrons. The normalized spacial score (nSPS) is 11.6. The summed E-state index contributed by atoms with van der Waals surface area (Å²) < 4.78 is 0. The van der Waals surface area contributed by atoms with Gasteiger partial charge in [0, 0.05) is 6.07 Å². The summed E-state index contributed by atoms with van der Waals surface area (Å²) in [5, 5.41) is 11.2. The highest BCUT2D eigenvalue weighted by Crippen LogP contribution is 2.34. The van der Waals surface area contributed by atoms with Gasteiger partial charge in [-0.2, -0.15) is 0 Å². The summed E-state index contributed by atoms with van der Waals surface area (Å²) in [6.45, 7) is 8.37. The van der Waals surface area contributed by atoms with Crippen molar-refractivity contribution in [1.29, 1.82) is 0 Å². The van der Waals surface area contributed by atoms with Crippen LogP contribution in [0.1, 0.15) is 52.5 Å². The van der Waals surface area contributed by atoms with Crippen molar-refractivity contribution < 1.29 is 4.92 Å². The minimum Gasteiger partial charge on any atom is -0.258 e. The molecule has 0 unspecified atom stereocenters. The Morgan fingerprint density at radius 3 is 2.47 bits per heavy atom. The van der Waals surface area contributed by atoms with Crippen LogP contribution in [-0.4, -0.2) is 10.7 Å². The van der Waals surface area contributed by atoms with E-state index in [-0.39, 0.29) is 16.0 Å². The maximum Gasteiger partial charge on any atom is 0.283 e. The molecule has 0 amide bonds. The van der Waals surface area contributed by atoms with Crippen molar-refractivity contribution in [3.05, 3.63) is 33.9 Å². The summed E-state index contributed by atoms with van der Waals surface area (Å²) in [5.74, 6) is 0.948. The lowest BCUT2D eigenvalue weighted by molar-refractivity contribution is -0.387. The van der Waals surface area contributed by atoms with Crippen LogP contribution in [0.2, 0.25) is 0 Å². The molecular weight excluding hydrogens is 258 g/mol. The molecule has 1 rings (SSSR count). The number of thioether (sulfide) groups is 1. The molecule has 0 saturated heterocycles. The summed E-state index contributed by atoms with van der Waals surface area (Å²) in [6, 6.07) is 5.63. The van der Waals surface area contributed by atoms with Crippen molar-refractivity contribution in [3.8, 4) is 0 Å². The molecule has 0 aliphatic heterocycles. The third kappa shape index (κ3) is 4.86. The van der Waals surface area contributed by atoms with Crippen LogP contribution in [0.3, 0.4) is 0 Å². The van der Waals surface area contributed by atoms with Gasteiger partial charge in [0.1, 0.15) is 0 Å². The molecule has 3 nitrogen and oxygen atoms in total. The summed E-state index contributed by atoms with van der Waals surface area (Å²) in [7, 11) is 0. The van der Waals surface area contributed by atoms with Crippen LogP contribution in [0.25, 0.3) is 0 Å². The van der Waals surface area contributed by atoms with Crippen molar-refractivity contribution in [3.63, 3.8) is 0 Å². The Kier molecular flexibility index (Phi) is 5.85. The van der Waals surface area contributed by atoms with Gasteiger partial charge in [0.25, 0.3) is 5.69 Å². The van der Waals surface area contributed by atoms with E-state index in [0.29, 0.717) is 0 Å². The summed E-state index contributed by atoms with van der Waals surface area (Å²) in [6.07, 6.45) is 3.46. The first-order chi connectivity index (χ1) is 8.86. The first kappa shape index (κ1) is 16.0. The molecule has 0 atom stereocenters. The average molecular weight is 281 g/mol. The van der Waals surface area contributed by atoms with Crippen LogP contribution >= 0.6 is 11.8 Å². The minimum atomic E-state index is -0.266. The van der Waals surface area contributed by atoms with Crippen LogP contribution in [0, 0.1) is 10.1 Å². The Morgan fingerprint density at radius 1 is 1.26 bits per heavy atom. The SMILES string of the molecule is CCCCCSc1ccc(C(C)(C)C)cc1[N+](=O)[O-]. The van der Waals surface area contributed by atoms with Gasteiger partial charge in [0.15, 0.2) is 0 Å². The molecule has 1 aromatic rings.